The van der Waals surface area contributed by atoms with Crippen molar-refractivity contribution in [2.24, 2.45) is 5.92 Å². The van der Waals surface area contributed by atoms with Gasteiger partial charge in [0, 0.05) is 6.04 Å². The average molecular weight is 411 g/mol. The van der Waals surface area contributed by atoms with Crippen molar-refractivity contribution in [3.63, 3.8) is 0 Å². The largest absolute Gasteiger partial charge is 0.461 e. The monoisotopic (exact) mass is 411 g/mol. The van der Waals surface area contributed by atoms with Crippen molar-refractivity contribution in [2.45, 2.75) is 38.6 Å². The Balaban J connectivity index is 1.68. The van der Waals surface area contributed by atoms with Crippen molar-refractivity contribution in [3.8, 4) is 0 Å². The van der Waals surface area contributed by atoms with Crippen LogP contribution in [-0.2, 0) is 14.3 Å². The molecule has 1 aromatic rings. The van der Waals surface area contributed by atoms with Gasteiger partial charge in [0.1, 0.15) is 13.2 Å². The molecule has 30 heavy (non-hydrogen) atoms. The molecule has 158 valence electrons. The molecule has 3 rings (SSSR count). The summed E-state index contributed by atoms with van der Waals surface area (Å²) in [5.41, 5.74) is 1.40. The summed E-state index contributed by atoms with van der Waals surface area (Å²) < 4.78 is 10.2. The van der Waals surface area contributed by atoms with Crippen LogP contribution in [-0.4, -0.2) is 47.9 Å². The van der Waals surface area contributed by atoms with Crippen LogP contribution in [0.4, 0.5) is 0 Å². The number of nitrogens with zero attached hydrogens (tertiary/aromatic N) is 1. The van der Waals surface area contributed by atoms with Crippen LogP contribution in [0.15, 0.2) is 43.0 Å². The molecule has 0 N–H and O–H groups in total. The first-order valence-corrected chi connectivity index (χ1v) is 9.94. The molecule has 1 saturated carbocycles. The average Bonchev–Trinajstić information content (AvgIpc) is 3.00. The topological polar surface area (TPSA) is 90.0 Å². The molecular weight excluding hydrogens is 386 g/mol. The highest BCUT2D eigenvalue weighted by Crippen LogP contribution is 2.34. The van der Waals surface area contributed by atoms with E-state index in [1.807, 2.05) is 0 Å². The summed E-state index contributed by atoms with van der Waals surface area (Å²) in [7, 11) is 0. The SMILES string of the molecule is C=CCOC(=O)C1CCC(N2C(=O)c3ccc(C(=O)OCC(=C)C)cc3C2=O)CC1. The van der Waals surface area contributed by atoms with Gasteiger partial charge in [0.2, 0.25) is 0 Å². The third kappa shape index (κ3) is 4.35. The zero-order chi connectivity index (χ0) is 21.8. The molecule has 0 atom stereocenters. The molecule has 0 unspecified atom stereocenters. The molecule has 7 nitrogen and oxygen atoms in total. The number of amides is 2. The second-order valence-electron chi connectivity index (χ2n) is 7.70. The highest BCUT2D eigenvalue weighted by atomic mass is 16.5. The number of carbonyl (C=O) groups excluding carboxylic acids is 4. The van der Waals surface area contributed by atoms with Crippen molar-refractivity contribution in [1.29, 1.82) is 0 Å². The van der Waals surface area contributed by atoms with E-state index in [0.29, 0.717) is 31.3 Å². The summed E-state index contributed by atoms with van der Waals surface area (Å²) in [6.45, 7) is 9.20. The Labute approximate surface area is 175 Å². The number of fused-ring (bicyclic) bond motifs is 1. The predicted molar refractivity (Wildman–Crippen MR) is 109 cm³/mol. The fraction of sp³-hybridized carbons (Fsp3) is 0.391. The number of imide groups is 1. The molecule has 1 fully saturated rings. The molecule has 1 aliphatic carbocycles. The van der Waals surface area contributed by atoms with Crippen LogP contribution in [0.5, 0.6) is 0 Å². The van der Waals surface area contributed by atoms with Gasteiger partial charge in [-0.05, 0) is 56.4 Å². The van der Waals surface area contributed by atoms with Crippen LogP contribution in [0.3, 0.4) is 0 Å². The van der Waals surface area contributed by atoms with Gasteiger partial charge in [0.25, 0.3) is 11.8 Å². The molecule has 1 aromatic carbocycles. The second-order valence-corrected chi connectivity index (χ2v) is 7.70. The second kappa shape index (κ2) is 9.07. The first-order chi connectivity index (χ1) is 14.3. The minimum Gasteiger partial charge on any atom is -0.461 e. The van der Waals surface area contributed by atoms with Gasteiger partial charge in [-0.15, -0.1) is 0 Å². The quantitative estimate of drug-likeness (QED) is 0.388. The smallest absolute Gasteiger partial charge is 0.338 e. The Morgan fingerprint density at radius 1 is 1.10 bits per heavy atom. The van der Waals surface area contributed by atoms with E-state index >= 15 is 0 Å². The molecule has 2 aliphatic rings. The van der Waals surface area contributed by atoms with Crippen molar-refractivity contribution < 1.29 is 28.7 Å². The minimum absolute atomic E-state index is 0.0907. The van der Waals surface area contributed by atoms with E-state index in [0.717, 1.165) is 0 Å². The Hall–Kier alpha value is -3.22. The molecule has 1 aliphatic heterocycles. The van der Waals surface area contributed by atoms with Crippen molar-refractivity contribution in [2.75, 3.05) is 13.2 Å². The van der Waals surface area contributed by atoms with Gasteiger partial charge < -0.3 is 9.47 Å². The zero-order valence-corrected chi connectivity index (χ0v) is 17.0. The van der Waals surface area contributed by atoms with E-state index in [9.17, 15) is 19.2 Å². The van der Waals surface area contributed by atoms with E-state index in [2.05, 4.69) is 13.2 Å². The predicted octanol–water partition coefficient (Wildman–Crippen LogP) is 3.30. The molecule has 0 bridgehead atoms. The molecule has 0 spiro atoms. The van der Waals surface area contributed by atoms with Gasteiger partial charge in [-0.25, -0.2) is 4.79 Å². The van der Waals surface area contributed by atoms with Crippen LogP contribution < -0.4 is 0 Å². The van der Waals surface area contributed by atoms with E-state index in [4.69, 9.17) is 9.47 Å². The number of hydrogen-bond acceptors (Lipinski definition) is 6. The lowest BCUT2D eigenvalue weighted by molar-refractivity contribution is -0.148. The highest BCUT2D eigenvalue weighted by molar-refractivity contribution is 6.22. The summed E-state index contributed by atoms with van der Waals surface area (Å²) in [6, 6.07) is 4.11. The molecule has 1 heterocycles. The molecule has 2 amide bonds. The molecule has 0 saturated heterocycles. The van der Waals surface area contributed by atoms with Gasteiger partial charge in [-0.3, -0.25) is 19.3 Å². The number of esters is 2. The number of rotatable bonds is 7. The third-order valence-electron chi connectivity index (χ3n) is 5.34. The van der Waals surface area contributed by atoms with Crippen LogP contribution in [0.25, 0.3) is 0 Å². The van der Waals surface area contributed by atoms with Gasteiger partial charge in [-0.1, -0.05) is 19.2 Å². The summed E-state index contributed by atoms with van der Waals surface area (Å²) in [5, 5.41) is 0. The first-order valence-electron chi connectivity index (χ1n) is 9.94. The number of carbonyl (C=O) groups is 4. The fourth-order valence-corrected chi connectivity index (χ4v) is 3.82. The highest BCUT2D eigenvalue weighted by Gasteiger charge is 2.42. The van der Waals surface area contributed by atoms with Gasteiger partial charge in [0.05, 0.1) is 22.6 Å². The lowest BCUT2D eigenvalue weighted by atomic mass is 9.85. The van der Waals surface area contributed by atoms with E-state index in [1.165, 1.54) is 29.2 Å². The molecule has 7 heteroatoms. The van der Waals surface area contributed by atoms with Gasteiger partial charge >= 0.3 is 11.9 Å². The number of ether oxygens (including phenoxy) is 2. The normalized spacial score (nSPS) is 20.5. The van der Waals surface area contributed by atoms with Gasteiger partial charge in [-0.2, -0.15) is 0 Å². The van der Waals surface area contributed by atoms with Crippen LogP contribution in [0, 0.1) is 5.92 Å². The summed E-state index contributed by atoms with van der Waals surface area (Å²) in [4.78, 5) is 51.2. The lowest BCUT2D eigenvalue weighted by Crippen LogP contribution is -2.42. The van der Waals surface area contributed by atoms with E-state index in [1.54, 1.807) is 6.92 Å². The Morgan fingerprint density at radius 3 is 2.40 bits per heavy atom. The van der Waals surface area contributed by atoms with Crippen LogP contribution in [0.2, 0.25) is 0 Å². The van der Waals surface area contributed by atoms with Crippen molar-refractivity contribution in [3.05, 3.63) is 59.7 Å². The van der Waals surface area contributed by atoms with Crippen LogP contribution in [0.1, 0.15) is 63.7 Å². The Kier molecular flexibility index (Phi) is 6.50. The fourth-order valence-electron chi connectivity index (χ4n) is 3.82. The van der Waals surface area contributed by atoms with Crippen LogP contribution >= 0.6 is 0 Å². The summed E-state index contributed by atoms with van der Waals surface area (Å²) >= 11 is 0. The number of hydrogen-bond donors (Lipinski definition) is 0. The Morgan fingerprint density at radius 2 is 1.77 bits per heavy atom. The lowest BCUT2D eigenvalue weighted by Gasteiger charge is -2.32. The minimum atomic E-state index is -0.571. The first kappa shape index (κ1) is 21.5. The van der Waals surface area contributed by atoms with E-state index < -0.39 is 11.9 Å². The molecule has 0 radical (unpaired) electrons. The van der Waals surface area contributed by atoms with Gasteiger partial charge in [0.15, 0.2) is 0 Å². The standard InChI is InChI=1S/C23H25NO6/c1-4-11-29-22(27)15-5-8-17(9-6-15)24-20(25)18-10-7-16(12-19(18)21(24)26)23(28)30-13-14(2)3/h4,7,10,12,15,17H,1-2,5-6,8-9,11,13H2,3H3. The molecular formula is C23H25NO6. The van der Waals surface area contributed by atoms with E-state index in [-0.39, 0.29) is 53.7 Å². The zero-order valence-electron chi connectivity index (χ0n) is 17.0. The van der Waals surface area contributed by atoms with Crippen molar-refractivity contribution in [1.82, 2.24) is 4.90 Å². The Bertz CT molecular complexity index is 910. The molecule has 0 aromatic heterocycles. The number of benzene rings is 1. The summed E-state index contributed by atoms with van der Waals surface area (Å²) in [5.74, 6) is -1.85. The summed E-state index contributed by atoms with van der Waals surface area (Å²) in [6.07, 6.45) is 3.68. The maximum atomic E-state index is 12.9. The van der Waals surface area contributed by atoms with Crippen molar-refractivity contribution >= 4 is 23.8 Å². The maximum Gasteiger partial charge on any atom is 0.338 e. The third-order valence-corrected chi connectivity index (χ3v) is 5.34. The maximum absolute atomic E-state index is 12.9.